The smallest absolute Gasteiger partial charge is 0.312 e. The van der Waals surface area contributed by atoms with E-state index in [0.29, 0.717) is 26.1 Å². The normalized spacial score (nSPS) is 21.8. The van der Waals surface area contributed by atoms with Gasteiger partial charge in [0.05, 0.1) is 12.1 Å². The lowest BCUT2D eigenvalue weighted by Gasteiger charge is -2.35. The van der Waals surface area contributed by atoms with Gasteiger partial charge in [-0.3, -0.25) is 0 Å². The Morgan fingerprint density at radius 1 is 1.58 bits per heavy atom. The van der Waals surface area contributed by atoms with Gasteiger partial charge in [-0.05, 0) is 12.8 Å². The lowest BCUT2D eigenvalue weighted by Crippen LogP contribution is -2.56. The first-order valence-electron chi connectivity index (χ1n) is 3.95. The van der Waals surface area contributed by atoms with Crippen LogP contribution in [0.2, 0.25) is 0 Å². The van der Waals surface area contributed by atoms with Crippen molar-refractivity contribution in [2.45, 2.75) is 18.4 Å². The maximum atomic E-state index is 10.6. The Balaban J connectivity index is 2.53. The molecule has 2 amide bonds. The highest BCUT2D eigenvalue weighted by molar-refractivity contribution is 5.72. The zero-order valence-corrected chi connectivity index (χ0v) is 6.88. The van der Waals surface area contributed by atoms with Crippen LogP contribution >= 0.6 is 0 Å². The van der Waals surface area contributed by atoms with Gasteiger partial charge >= 0.3 is 6.03 Å². The number of ether oxygens (including phenoxy) is 1. The van der Waals surface area contributed by atoms with E-state index in [1.807, 2.05) is 0 Å². The fourth-order valence-corrected chi connectivity index (χ4v) is 1.35. The number of primary amides is 1. The molecule has 1 heterocycles. The van der Waals surface area contributed by atoms with Crippen LogP contribution in [0.1, 0.15) is 12.8 Å². The number of rotatable bonds is 2. The van der Waals surface area contributed by atoms with Gasteiger partial charge in [0.1, 0.15) is 0 Å². The maximum Gasteiger partial charge on any atom is 0.312 e. The standard InChI is InChI=1S/C7H14N2O3/c8-6(11)9-7(5-10)1-3-12-4-2-7/h10H,1-5H2,(H3,8,9,11). The van der Waals surface area contributed by atoms with Crippen molar-refractivity contribution in [2.24, 2.45) is 5.73 Å². The Hall–Kier alpha value is -0.810. The van der Waals surface area contributed by atoms with Gasteiger partial charge in [0.2, 0.25) is 0 Å². The van der Waals surface area contributed by atoms with Crippen molar-refractivity contribution in [2.75, 3.05) is 19.8 Å². The van der Waals surface area contributed by atoms with Crippen LogP contribution in [0, 0.1) is 0 Å². The first-order valence-corrected chi connectivity index (χ1v) is 3.95. The van der Waals surface area contributed by atoms with Crippen LogP contribution in [0.5, 0.6) is 0 Å². The van der Waals surface area contributed by atoms with Crippen LogP contribution in [0.3, 0.4) is 0 Å². The summed E-state index contributed by atoms with van der Waals surface area (Å²) in [5.74, 6) is 0. The van der Waals surface area contributed by atoms with Crippen LogP contribution in [0.4, 0.5) is 4.79 Å². The average Bonchev–Trinajstić information content (AvgIpc) is 2.05. The molecule has 0 spiro atoms. The zero-order chi connectivity index (χ0) is 9.03. The van der Waals surface area contributed by atoms with Gasteiger partial charge in [-0.15, -0.1) is 0 Å². The predicted octanol–water partition coefficient (Wildman–Crippen LogP) is -0.804. The quantitative estimate of drug-likeness (QED) is 0.512. The summed E-state index contributed by atoms with van der Waals surface area (Å²) in [6, 6.07) is -0.592. The third-order valence-corrected chi connectivity index (χ3v) is 2.14. The van der Waals surface area contributed by atoms with Crippen molar-refractivity contribution in [1.29, 1.82) is 0 Å². The van der Waals surface area contributed by atoms with E-state index in [-0.39, 0.29) is 6.61 Å². The van der Waals surface area contributed by atoms with E-state index in [2.05, 4.69) is 5.32 Å². The molecule has 12 heavy (non-hydrogen) atoms. The fraction of sp³-hybridized carbons (Fsp3) is 0.857. The Morgan fingerprint density at radius 2 is 2.17 bits per heavy atom. The Labute approximate surface area is 70.9 Å². The minimum atomic E-state index is -0.592. The predicted molar refractivity (Wildman–Crippen MR) is 42.6 cm³/mol. The van der Waals surface area contributed by atoms with E-state index in [1.54, 1.807) is 0 Å². The molecule has 1 aliphatic rings. The molecule has 1 saturated heterocycles. The Morgan fingerprint density at radius 3 is 2.58 bits per heavy atom. The Bertz CT molecular complexity index is 166. The average molecular weight is 174 g/mol. The monoisotopic (exact) mass is 174 g/mol. The van der Waals surface area contributed by atoms with Crippen LogP contribution in [0.25, 0.3) is 0 Å². The molecule has 0 aromatic rings. The van der Waals surface area contributed by atoms with Gasteiger partial charge in [-0.1, -0.05) is 0 Å². The topological polar surface area (TPSA) is 84.6 Å². The van der Waals surface area contributed by atoms with Crippen LogP contribution in [0.15, 0.2) is 0 Å². The summed E-state index contributed by atoms with van der Waals surface area (Å²) in [4.78, 5) is 10.6. The highest BCUT2D eigenvalue weighted by Crippen LogP contribution is 2.19. The van der Waals surface area contributed by atoms with E-state index in [1.165, 1.54) is 0 Å². The van der Waals surface area contributed by atoms with E-state index in [9.17, 15) is 4.79 Å². The second kappa shape index (κ2) is 3.73. The Kier molecular flexibility index (Phi) is 2.88. The molecule has 0 aliphatic carbocycles. The summed E-state index contributed by atoms with van der Waals surface area (Å²) in [6.45, 7) is 1.03. The second-order valence-electron chi connectivity index (χ2n) is 3.04. The zero-order valence-electron chi connectivity index (χ0n) is 6.88. The summed E-state index contributed by atoms with van der Waals surface area (Å²) in [5, 5.41) is 11.6. The molecule has 1 aliphatic heterocycles. The third kappa shape index (κ3) is 2.09. The molecule has 0 saturated carbocycles. The van der Waals surface area contributed by atoms with Crippen LogP contribution in [-0.4, -0.2) is 36.5 Å². The van der Waals surface area contributed by atoms with E-state index < -0.39 is 11.6 Å². The highest BCUT2D eigenvalue weighted by Gasteiger charge is 2.32. The van der Waals surface area contributed by atoms with Crippen LogP contribution < -0.4 is 11.1 Å². The summed E-state index contributed by atoms with van der Waals surface area (Å²) in [6.07, 6.45) is 1.24. The number of aliphatic hydroxyl groups excluding tert-OH is 1. The number of nitrogens with two attached hydrogens (primary N) is 1. The van der Waals surface area contributed by atoms with Gasteiger partial charge in [0.25, 0.3) is 0 Å². The van der Waals surface area contributed by atoms with Gasteiger partial charge in [0.15, 0.2) is 0 Å². The molecule has 0 aromatic heterocycles. The number of carbonyl (C=O) groups excluding carboxylic acids is 1. The lowest BCUT2D eigenvalue weighted by molar-refractivity contribution is 0.0177. The molecule has 0 aromatic carbocycles. The van der Waals surface area contributed by atoms with Crippen molar-refractivity contribution in [1.82, 2.24) is 5.32 Å². The first kappa shape index (κ1) is 9.28. The van der Waals surface area contributed by atoms with Crippen molar-refractivity contribution in [3.63, 3.8) is 0 Å². The fourth-order valence-electron chi connectivity index (χ4n) is 1.35. The number of aliphatic hydroxyl groups is 1. The minimum absolute atomic E-state index is 0.0840. The molecule has 0 bridgehead atoms. The van der Waals surface area contributed by atoms with Gasteiger partial charge in [-0.25, -0.2) is 4.79 Å². The van der Waals surface area contributed by atoms with Gasteiger partial charge in [-0.2, -0.15) is 0 Å². The summed E-state index contributed by atoms with van der Waals surface area (Å²) < 4.78 is 5.10. The molecule has 5 nitrogen and oxygen atoms in total. The number of hydrogen-bond acceptors (Lipinski definition) is 3. The van der Waals surface area contributed by atoms with Gasteiger partial charge in [0, 0.05) is 13.2 Å². The second-order valence-corrected chi connectivity index (χ2v) is 3.04. The molecule has 1 rings (SSSR count). The van der Waals surface area contributed by atoms with Crippen LogP contribution in [-0.2, 0) is 4.74 Å². The third-order valence-electron chi connectivity index (χ3n) is 2.14. The number of carbonyl (C=O) groups is 1. The summed E-state index contributed by atoms with van der Waals surface area (Å²) in [7, 11) is 0. The van der Waals surface area contributed by atoms with Crippen molar-refractivity contribution in [3.8, 4) is 0 Å². The number of urea groups is 1. The molecule has 1 fully saturated rings. The molecule has 0 radical (unpaired) electrons. The minimum Gasteiger partial charge on any atom is -0.394 e. The van der Waals surface area contributed by atoms with Crippen molar-refractivity contribution < 1.29 is 14.6 Å². The van der Waals surface area contributed by atoms with E-state index >= 15 is 0 Å². The molecular formula is C7H14N2O3. The molecule has 0 unspecified atom stereocenters. The molecular weight excluding hydrogens is 160 g/mol. The molecule has 5 heteroatoms. The van der Waals surface area contributed by atoms with E-state index in [4.69, 9.17) is 15.6 Å². The summed E-state index contributed by atoms with van der Waals surface area (Å²) in [5.41, 5.74) is 4.43. The highest BCUT2D eigenvalue weighted by atomic mass is 16.5. The molecule has 4 N–H and O–H groups in total. The molecule has 0 atom stereocenters. The SMILES string of the molecule is NC(=O)NC1(CO)CCOCC1. The van der Waals surface area contributed by atoms with Crippen molar-refractivity contribution in [3.05, 3.63) is 0 Å². The lowest BCUT2D eigenvalue weighted by atomic mass is 9.91. The summed E-state index contributed by atoms with van der Waals surface area (Å²) >= 11 is 0. The molecule has 70 valence electrons. The first-order chi connectivity index (χ1) is 5.68. The van der Waals surface area contributed by atoms with Crippen molar-refractivity contribution >= 4 is 6.03 Å². The van der Waals surface area contributed by atoms with Gasteiger partial charge < -0.3 is 20.9 Å². The maximum absolute atomic E-state index is 10.6. The number of nitrogens with one attached hydrogen (secondary N) is 1. The number of amides is 2. The largest absolute Gasteiger partial charge is 0.394 e. The number of hydrogen-bond donors (Lipinski definition) is 3. The van der Waals surface area contributed by atoms with E-state index in [0.717, 1.165) is 0 Å².